The minimum Gasteiger partial charge on any atom is -0.309 e. The second-order valence-electron chi connectivity index (χ2n) is 5.59. The van der Waals surface area contributed by atoms with E-state index in [4.69, 9.17) is 0 Å². The fourth-order valence-corrected chi connectivity index (χ4v) is 2.87. The predicted molar refractivity (Wildman–Crippen MR) is 78.2 cm³/mol. The van der Waals surface area contributed by atoms with Crippen molar-refractivity contribution in [3.8, 4) is 0 Å². The maximum absolute atomic E-state index is 12.8. The smallest absolute Gasteiger partial charge is 0.309 e. The van der Waals surface area contributed by atoms with E-state index >= 15 is 0 Å². The van der Waals surface area contributed by atoms with E-state index in [9.17, 15) is 13.2 Å². The second kappa shape index (κ2) is 7.27. The van der Waals surface area contributed by atoms with Gasteiger partial charge in [-0.05, 0) is 50.2 Å². The summed E-state index contributed by atoms with van der Waals surface area (Å²) in [6.07, 6.45) is -0.660. The Morgan fingerprint density at radius 2 is 1.90 bits per heavy atom. The fourth-order valence-electron chi connectivity index (χ4n) is 2.87. The highest BCUT2D eigenvalue weighted by Gasteiger charge is 2.31. The Bertz CT molecular complexity index is 439. The van der Waals surface area contributed by atoms with E-state index in [1.807, 2.05) is 6.92 Å². The van der Waals surface area contributed by atoms with Crippen LogP contribution in [0, 0.1) is 0 Å². The molecule has 0 amide bonds. The van der Waals surface area contributed by atoms with Crippen LogP contribution in [-0.4, -0.2) is 31.1 Å². The first kappa shape index (κ1) is 16.3. The highest BCUT2D eigenvalue weighted by Crippen LogP contribution is 2.31. The molecule has 0 bridgehead atoms. The molecule has 1 aliphatic heterocycles. The van der Waals surface area contributed by atoms with E-state index in [-0.39, 0.29) is 6.04 Å². The second-order valence-corrected chi connectivity index (χ2v) is 5.59. The third-order valence-electron chi connectivity index (χ3n) is 3.96. The lowest BCUT2D eigenvalue weighted by molar-refractivity contribution is -0.137. The minimum absolute atomic E-state index is 0.0459. The number of likely N-dealkylation sites (N-methyl/N-ethyl adjacent to an activating group) is 1. The van der Waals surface area contributed by atoms with E-state index in [0.717, 1.165) is 37.8 Å². The van der Waals surface area contributed by atoms with Crippen molar-refractivity contribution >= 4 is 0 Å². The summed E-state index contributed by atoms with van der Waals surface area (Å²) in [6.45, 7) is 5.59. The average Bonchev–Trinajstić information content (AvgIpc) is 2.47. The topological polar surface area (TPSA) is 15.3 Å². The van der Waals surface area contributed by atoms with Gasteiger partial charge in [0.15, 0.2) is 0 Å². The maximum Gasteiger partial charge on any atom is 0.416 e. The number of likely N-dealkylation sites (tertiary alicyclic amines) is 1. The number of halogens is 3. The van der Waals surface area contributed by atoms with Gasteiger partial charge in [-0.3, -0.25) is 0 Å². The summed E-state index contributed by atoms with van der Waals surface area (Å²) in [5.74, 6) is 0. The molecule has 0 radical (unpaired) electrons. The zero-order valence-corrected chi connectivity index (χ0v) is 12.4. The van der Waals surface area contributed by atoms with Crippen LogP contribution in [0.25, 0.3) is 0 Å². The lowest BCUT2D eigenvalue weighted by atomic mass is 10.0. The van der Waals surface area contributed by atoms with E-state index in [0.29, 0.717) is 0 Å². The zero-order valence-electron chi connectivity index (χ0n) is 12.4. The van der Waals surface area contributed by atoms with Crippen molar-refractivity contribution in [1.82, 2.24) is 10.2 Å². The van der Waals surface area contributed by atoms with Gasteiger partial charge in [0.1, 0.15) is 0 Å². The van der Waals surface area contributed by atoms with Crippen LogP contribution in [0.4, 0.5) is 13.2 Å². The third-order valence-corrected chi connectivity index (χ3v) is 3.96. The van der Waals surface area contributed by atoms with Crippen molar-refractivity contribution in [2.24, 2.45) is 0 Å². The Labute approximate surface area is 124 Å². The number of nitrogens with one attached hydrogen (secondary N) is 1. The van der Waals surface area contributed by atoms with Crippen molar-refractivity contribution in [3.63, 3.8) is 0 Å². The van der Waals surface area contributed by atoms with Crippen LogP contribution in [0.1, 0.15) is 43.4 Å². The van der Waals surface area contributed by atoms with E-state index in [2.05, 4.69) is 10.2 Å². The molecule has 1 heterocycles. The van der Waals surface area contributed by atoms with Gasteiger partial charge in [-0.25, -0.2) is 0 Å². The molecule has 0 aromatic heterocycles. The molecular weight excluding hydrogens is 277 g/mol. The minimum atomic E-state index is -4.28. The molecule has 1 aliphatic rings. The first-order valence-corrected chi connectivity index (χ1v) is 7.63. The van der Waals surface area contributed by atoms with Gasteiger partial charge in [0.2, 0.25) is 0 Å². The Morgan fingerprint density at radius 3 is 2.52 bits per heavy atom. The van der Waals surface area contributed by atoms with Crippen LogP contribution in [0.5, 0.6) is 0 Å². The van der Waals surface area contributed by atoms with Gasteiger partial charge in [0, 0.05) is 12.6 Å². The summed E-state index contributed by atoms with van der Waals surface area (Å²) in [5, 5.41) is 3.32. The first-order valence-electron chi connectivity index (χ1n) is 7.63. The molecule has 1 N–H and O–H groups in total. The van der Waals surface area contributed by atoms with E-state index < -0.39 is 11.7 Å². The molecule has 0 saturated carbocycles. The van der Waals surface area contributed by atoms with Crippen molar-refractivity contribution < 1.29 is 13.2 Å². The van der Waals surface area contributed by atoms with Gasteiger partial charge >= 0.3 is 6.18 Å². The number of piperidine rings is 1. The van der Waals surface area contributed by atoms with Gasteiger partial charge in [0.25, 0.3) is 0 Å². The van der Waals surface area contributed by atoms with E-state index in [1.165, 1.54) is 31.4 Å². The lowest BCUT2D eigenvalue weighted by Crippen LogP contribution is -2.38. The summed E-state index contributed by atoms with van der Waals surface area (Å²) in [5.41, 5.74) is 0.152. The molecule has 0 spiro atoms. The summed E-state index contributed by atoms with van der Waals surface area (Å²) < 4.78 is 38.5. The number of hydrogen-bond donors (Lipinski definition) is 1. The fraction of sp³-hybridized carbons (Fsp3) is 0.625. The highest BCUT2D eigenvalue weighted by molar-refractivity contribution is 5.28. The lowest BCUT2D eigenvalue weighted by Gasteiger charge is -2.31. The quantitative estimate of drug-likeness (QED) is 0.889. The van der Waals surface area contributed by atoms with Gasteiger partial charge in [-0.1, -0.05) is 25.5 Å². The molecule has 1 aromatic carbocycles. The van der Waals surface area contributed by atoms with Crippen LogP contribution < -0.4 is 5.32 Å². The van der Waals surface area contributed by atoms with Crippen LogP contribution >= 0.6 is 0 Å². The van der Waals surface area contributed by atoms with Crippen LogP contribution in [0.3, 0.4) is 0 Å². The zero-order chi connectivity index (χ0) is 15.3. The van der Waals surface area contributed by atoms with Gasteiger partial charge in [-0.2, -0.15) is 13.2 Å². The molecule has 1 aromatic rings. The van der Waals surface area contributed by atoms with Crippen molar-refractivity contribution in [3.05, 3.63) is 35.4 Å². The molecule has 1 saturated heterocycles. The molecule has 21 heavy (non-hydrogen) atoms. The molecule has 5 heteroatoms. The van der Waals surface area contributed by atoms with Crippen molar-refractivity contribution in [1.29, 1.82) is 0 Å². The average molecular weight is 300 g/mol. The van der Waals surface area contributed by atoms with Gasteiger partial charge < -0.3 is 10.2 Å². The van der Waals surface area contributed by atoms with Crippen LogP contribution in [-0.2, 0) is 6.18 Å². The van der Waals surface area contributed by atoms with E-state index in [1.54, 1.807) is 6.07 Å². The predicted octanol–water partition coefficient (Wildman–Crippen LogP) is 3.84. The Morgan fingerprint density at radius 1 is 1.19 bits per heavy atom. The van der Waals surface area contributed by atoms with Crippen molar-refractivity contribution in [2.75, 3.05) is 26.2 Å². The summed E-state index contributed by atoms with van der Waals surface area (Å²) in [7, 11) is 0. The van der Waals surface area contributed by atoms with Gasteiger partial charge in [-0.15, -0.1) is 0 Å². The number of benzene rings is 1. The molecule has 0 aliphatic carbocycles. The number of nitrogens with zero attached hydrogens (tertiary/aromatic N) is 1. The number of alkyl halides is 3. The number of hydrogen-bond acceptors (Lipinski definition) is 2. The largest absolute Gasteiger partial charge is 0.416 e. The monoisotopic (exact) mass is 300 g/mol. The van der Waals surface area contributed by atoms with Gasteiger partial charge in [0.05, 0.1) is 5.56 Å². The van der Waals surface area contributed by atoms with Crippen LogP contribution in [0.2, 0.25) is 0 Å². The molecule has 1 unspecified atom stereocenters. The summed E-state index contributed by atoms with van der Waals surface area (Å²) >= 11 is 0. The Balaban J connectivity index is 2.13. The standard InChI is InChI=1S/C16H23F3N2/c1-2-20-15(12-21-9-4-3-5-10-21)13-7-6-8-14(11-13)16(17,18)19/h6-8,11,15,20H,2-5,9-10,12H2,1H3. The maximum atomic E-state index is 12.8. The first-order chi connectivity index (χ1) is 10.0. The summed E-state index contributed by atoms with van der Waals surface area (Å²) in [4.78, 5) is 2.34. The normalized spacial score (nSPS) is 18.7. The Hall–Kier alpha value is -1.07. The van der Waals surface area contributed by atoms with Crippen LogP contribution in [0.15, 0.2) is 24.3 Å². The SMILES string of the molecule is CCNC(CN1CCCCC1)c1cccc(C(F)(F)F)c1. The summed E-state index contributed by atoms with van der Waals surface area (Å²) in [6, 6.07) is 5.64. The molecule has 118 valence electrons. The molecule has 1 fully saturated rings. The molecule has 2 nitrogen and oxygen atoms in total. The molecule has 1 atom stereocenters. The Kier molecular flexibility index (Phi) is 5.65. The highest BCUT2D eigenvalue weighted by atomic mass is 19.4. The molecule has 2 rings (SSSR count). The number of rotatable bonds is 5. The molecular formula is C16H23F3N2. The third kappa shape index (κ3) is 4.71. The van der Waals surface area contributed by atoms with Crippen molar-refractivity contribution in [2.45, 2.75) is 38.4 Å².